The third kappa shape index (κ3) is 3.89. The summed E-state index contributed by atoms with van der Waals surface area (Å²) in [4.78, 5) is -0.0221. The summed E-state index contributed by atoms with van der Waals surface area (Å²) in [5.41, 5.74) is 0. The molecule has 0 atom stereocenters. The van der Waals surface area contributed by atoms with Crippen LogP contribution in [-0.4, -0.2) is 39.9 Å². The van der Waals surface area contributed by atoms with Crippen molar-refractivity contribution in [1.82, 2.24) is 4.31 Å². The Bertz CT molecular complexity index is 520. The monoisotopic (exact) mass is 343 g/mol. The molecule has 4 nitrogen and oxygen atoms in total. The van der Waals surface area contributed by atoms with Crippen LogP contribution in [0.2, 0.25) is 0 Å². The van der Waals surface area contributed by atoms with Gasteiger partial charge < -0.3 is 4.74 Å². The van der Waals surface area contributed by atoms with Crippen molar-refractivity contribution in [2.75, 3.05) is 20.7 Å². The molecule has 0 amide bonds. The van der Waals surface area contributed by atoms with Gasteiger partial charge in [-0.05, 0) is 12.1 Å². The zero-order chi connectivity index (χ0) is 13.9. The lowest BCUT2D eigenvalue weighted by molar-refractivity contribution is 0.0817. The fourth-order valence-electron chi connectivity index (χ4n) is 1.14. The molecular formula is C10H12BrF2NO3S. The molecule has 0 aliphatic heterocycles. The number of sulfonamides is 1. The molecule has 0 saturated heterocycles. The van der Waals surface area contributed by atoms with Gasteiger partial charge in [0.25, 0.3) is 6.43 Å². The summed E-state index contributed by atoms with van der Waals surface area (Å²) in [6, 6.07) is 4.02. The summed E-state index contributed by atoms with van der Waals surface area (Å²) in [6.07, 6.45) is -2.61. The van der Waals surface area contributed by atoms with Crippen LogP contribution in [0.4, 0.5) is 8.78 Å². The molecule has 0 aromatic heterocycles. The second-order valence-electron chi connectivity index (χ2n) is 3.61. The highest BCUT2D eigenvalue weighted by Crippen LogP contribution is 2.26. The van der Waals surface area contributed by atoms with Crippen LogP contribution in [0, 0.1) is 0 Å². The molecular weight excluding hydrogens is 332 g/mol. The van der Waals surface area contributed by atoms with Gasteiger partial charge >= 0.3 is 0 Å². The van der Waals surface area contributed by atoms with E-state index in [9.17, 15) is 17.2 Å². The first-order chi connectivity index (χ1) is 8.23. The zero-order valence-corrected chi connectivity index (χ0v) is 12.1. The van der Waals surface area contributed by atoms with E-state index in [2.05, 4.69) is 15.9 Å². The van der Waals surface area contributed by atoms with Crippen molar-refractivity contribution in [2.24, 2.45) is 0 Å². The maximum Gasteiger partial charge on any atom is 0.272 e. The average Bonchev–Trinajstić information content (AvgIpc) is 2.25. The molecule has 1 rings (SSSR count). The van der Waals surface area contributed by atoms with Crippen molar-refractivity contribution in [3.8, 4) is 5.75 Å². The van der Waals surface area contributed by atoms with E-state index < -0.39 is 23.1 Å². The van der Waals surface area contributed by atoms with E-state index in [0.717, 1.165) is 4.31 Å². The standard InChI is InChI=1S/C10H12BrF2NO3S/c1-14(2)18(15,16)9-4-7(11)3-8(5-9)17-6-10(12)13/h3-5,10H,6H2,1-2H3. The SMILES string of the molecule is CN(C)S(=O)(=O)c1cc(Br)cc(OCC(F)F)c1. The smallest absolute Gasteiger partial charge is 0.272 e. The lowest BCUT2D eigenvalue weighted by atomic mass is 10.3. The largest absolute Gasteiger partial charge is 0.488 e. The number of alkyl halides is 2. The van der Waals surface area contributed by atoms with Crippen LogP contribution in [0.3, 0.4) is 0 Å². The first-order valence-electron chi connectivity index (χ1n) is 4.87. The van der Waals surface area contributed by atoms with Crippen LogP contribution in [0.25, 0.3) is 0 Å². The molecule has 1 aromatic rings. The number of rotatable bonds is 5. The van der Waals surface area contributed by atoms with Crippen LogP contribution in [-0.2, 0) is 10.0 Å². The van der Waals surface area contributed by atoms with Gasteiger partial charge in [-0.3, -0.25) is 0 Å². The number of hydrogen-bond donors (Lipinski definition) is 0. The first-order valence-corrected chi connectivity index (χ1v) is 7.11. The van der Waals surface area contributed by atoms with Crippen LogP contribution in [0.15, 0.2) is 27.6 Å². The molecule has 0 heterocycles. The number of hydrogen-bond acceptors (Lipinski definition) is 3. The Morgan fingerprint density at radius 1 is 1.33 bits per heavy atom. The number of benzene rings is 1. The van der Waals surface area contributed by atoms with Crippen molar-refractivity contribution in [2.45, 2.75) is 11.3 Å². The summed E-state index contributed by atoms with van der Waals surface area (Å²) in [5.74, 6) is 0.0742. The molecule has 0 saturated carbocycles. The summed E-state index contributed by atoms with van der Waals surface area (Å²) in [5, 5.41) is 0. The van der Waals surface area contributed by atoms with Gasteiger partial charge in [-0.15, -0.1) is 0 Å². The highest BCUT2D eigenvalue weighted by atomic mass is 79.9. The van der Waals surface area contributed by atoms with Gasteiger partial charge in [0, 0.05) is 24.6 Å². The molecule has 8 heteroatoms. The number of ether oxygens (including phenoxy) is 1. The van der Waals surface area contributed by atoms with Gasteiger partial charge in [0.1, 0.15) is 12.4 Å². The van der Waals surface area contributed by atoms with Crippen molar-refractivity contribution in [3.63, 3.8) is 0 Å². The fourth-order valence-corrected chi connectivity index (χ4v) is 2.73. The van der Waals surface area contributed by atoms with Crippen molar-refractivity contribution in [3.05, 3.63) is 22.7 Å². The molecule has 0 aliphatic carbocycles. The Kier molecular flexibility index (Phi) is 5.06. The highest BCUT2D eigenvalue weighted by Gasteiger charge is 2.19. The predicted molar refractivity (Wildman–Crippen MR) is 66.5 cm³/mol. The Morgan fingerprint density at radius 2 is 1.94 bits per heavy atom. The normalized spacial score (nSPS) is 12.2. The van der Waals surface area contributed by atoms with Gasteiger partial charge in [0.15, 0.2) is 0 Å². The minimum atomic E-state index is -3.62. The van der Waals surface area contributed by atoms with Crippen molar-refractivity contribution in [1.29, 1.82) is 0 Å². The summed E-state index contributed by atoms with van der Waals surface area (Å²) >= 11 is 3.11. The maximum absolute atomic E-state index is 12.0. The Labute approximate surface area is 113 Å². The lowest BCUT2D eigenvalue weighted by Crippen LogP contribution is -2.22. The third-order valence-electron chi connectivity index (χ3n) is 2.00. The van der Waals surface area contributed by atoms with Gasteiger partial charge in [0.2, 0.25) is 10.0 Å². The average molecular weight is 344 g/mol. The predicted octanol–water partition coefficient (Wildman–Crippen LogP) is 2.34. The highest BCUT2D eigenvalue weighted by molar-refractivity contribution is 9.10. The second kappa shape index (κ2) is 5.94. The Balaban J connectivity index is 3.09. The van der Waals surface area contributed by atoms with Crippen molar-refractivity contribution < 1.29 is 21.9 Å². The molecule has 0 radical (unpaired) electrons. The quantitative estimate of drug-likeness (QED) is 0.824. The van der Waals surface area contributed by atoms with Gasteiger partial charge in [-0.25, -0.2) is 21.5 Å². The fraction of sp³-hybridized carbons (Fsp3) is 0.400. The van der Waals surface area contributed by atoms with Crippen molar-refractivity contribution >= 4 is 26.0 Å². The van der Waals surface area contributed by atoms with E-state index in [0.29, 0.717) is 4.47 Å². The van der Waals surface area contributed by atoms with Gasteiger partial charge in [-0.1, -0.05) is 15.9 Å². The minimum absolute atomic E-state index is 0.0221. The second-order valence-corrected chi connectivity index (χ2v) is 6.68. The van der Waals surface area contributed by atoms with Gasteiger partial charge in [-0.2, -0.15) is 0 Å². The minimum Gasteiger partial charge on any atom is -0.488 e. The molecule has 102 valence electrons. The van der Waals surface area contributed by atoms with Crippen LogP contribution in [0.5, 0.6) is 5.75 Å². The van der Waals surface area contributed by atoms with E-state index in [-0.39, 0.29) is 10.6 Å². The van der Waals surface area contributed by atoms with E-state index in [1.807, 2.05) is 0 Å². The zero-order valence-electron chi connectivity index (χ0n) is 9.73. The molecule has 1 aromatic carbocycles. The maximum atomic E-state index is 12.0. The number of halogens is 3. The van der Waals surface area contributed by atoms with E-state index in [1.165, 1.54) is 32.3 Å². The van der Waals surface area contributed by atoms with E-state index >= 15 is 0 Å². The molecule has 18 heavy (non-hydrogen) atoms. The summed E-state index contributed by atoms with van der Waals surface area (Å²) in [7, 11) is -0.855. The summed E-state index contributed by atoms with van der Waals surface area (Å²) < 4.78 is 54.1. The molecule has 0 spiro atoms. The summed E-state index contributed by atoms with van der Waals surface area (Å²) in [6.45, 7) is -0.780. The molecule has 0 N–H and O–H groups in total. The van der Waals surface area contributed by atoms with Crippen LogP contribution in [0.1, 0.15) is 0 Å². The Morgan fingerprint density at radius 3 is 2.44 bits per heavy atom. The molecule has 0 unspecified atom stereocenters. The number of nitrogens with zero attached hydrogens (tertiary/aromatic N) is 1. The lowest BCUT2D eigenvalue weighted by Gasteiger charge is -2.13. The van der Waals surface area contributed by atoms with Crippen LogP contribution >= 0.6 is 15.9 Å². The van der Waals surface area contributed by atoms with E-state index in [4.69, 9.17) is 4.74 Å². The molecule has 0 fully saturated rings. The molecule has 0 aliphatic rings. The first kappa shape index (κ1) is 15.3. The third-order valence-corrected chi connectivity index (χ3v) is 4.25. The van der Waals surface area contributed by atoms with E-state index in [1.54, 1.807) is 0 Å². The Hall–Kier alpha value is -0.730. The topological polar surface area (TPSA) is 46.6 Å². The molecule has 0 bridgehead atoms. The van der Waals surface area contributed by atoms with Gasteiger partial charge in [0.05, 0.1) is 4.90 Å². The van der Waals surface area contributed by atoms with Crippen LogP contribution < -0.4 is 4.74 Å².